The number of rotatable bonds is 6. The highest BCUT2D eigenvalue weighted by Gasteiger charge is 2.22. The highest BCUT2D eigenvalue weighted by molar-refractivity contribution is 6.49. The number of anilines is 1. The van der Waals surface area contributed by atoms with E-state index in [0.717, 1.165) is 56.9 Å². The molecular formula is C21H27ClN6O2. The van der Waals surface area contributed by atoms with Gasteiger partial charge < -0.3 is 14.8 Å². The average molecular weight is 431 g/mol. The molecule has 1 amide bonds. The minimum atomic E-state index is -0.609. The predicted octanol–water partition coefficient (Wildman–Crippen LogP) is 2.47. The number of hydrogen-bond donors (Lipinski definition) is 3. The summed E-state index contributed by atoms with van der Waals surface area (Å²) in [7, 11) is 2.10. The first-order valence-electron chi connectivity index (χ1n) is 10.3. The van der Waals surface area contributed by atoms with E-state index in [1.165, 1.54) is 29.2 Å². The van der Waals surface area contributed by atoms with Crippen LogP contribution in [0.15, 0.2) is 24.7 Å². The Morgan fingerprint density at radius 2 is 2.03 bits per heavy atom. The Labute approximate surface area is 180 Å². The first-order valence-corrected chi connectivity index (χ1v) is 10.7. The van der Waals surface area contributed by atoms with Gasteiger partial charge in [-0.2, -0.15) is 0 Å². The van der Waals surface area contributed by atoms with E-state index in [1.54, 1.807) is 5.48 Å². The topological polar surface area (TPSA) is 95.3 Å². The van der Waals surface area contributed by atoms with E-state index in [1.807, 2.05) is 0 Å². The molecule has 0 unspecified atom stereocenters. The Kier molecular flexibility index (Phi) is 6.36. The second-order valence-electron chi connectivity index (χ2n) is 7.95. The number of allylic oxidation sites excluding steroid dienone is 1. The van der Waals surface area contributed by atoms with Crippen LogP contribution in [0.25, 0.3) is 5.03 Å². The van der Waals surface area contributed by atoms with Gasteiger partial charge in [0.2, 0.25) is 5.95 Å². The number of aryl methyl sites for hydroxylation is 1. The molecule has 1 aliphatic heterocycles. The van der Waals surface area contributed by atoms with Gasteiger partial charge in [-0.25, -0.2) is 15.4 Å². The van der Waals surface area contributed by atoms with Crippen LogP contribution in [-0.2, 0) is 20.0 Å². The normalized spacial score (nSPS) is 16.9. The van der Waals surface area contributed by atoms with Crippen molar-refractivity contribution < 1.29 is 10.0 Å². The van der Waals surface area contributed by atoms with Crippen molar-refractivity contribution in [2.24, 2.45) is 13.0 Å². The van der Waals surface area contributed by atoms with Crippen molar-refractivity contribution in [2.45, 2.75) is 32.2 Å². The monoisotopic (exact) mass is 430 g/mol. The molecule has 2 aliphatic rings. The van der Waals surface area contributed by atoms with E-state index in [9.17, 15) is 4.79 Å². The molecule has 0 atom stereocenters. The summed E-state index contributed by atoms with van der Waals surface area (Å²) in [4.78, 5) is 22.0. The van der Waals surface area contributed by atoms with Gasteiger partial charge >= 0.3 is 0 Å². The third-order valence-electron chi connectivity index (χ3n) is 5.98. The minimum Gasteiger partial charge on any atom is -0.353 e. The molecule has 9 heteroatoms. The van der Waals surface area contributed by atoms with Crippen molar-refractivity contribution in [3.63, 3.8) is 0 Å². The number of aromatic nitrogens is 3. The first-order chi connectivity index (χ1) is 14.6. The molecule has 8 nitrogen and oxygen atoms in total. The van der Waals surface area contributed by atoms with Gasteiger partial charge in [-0.15, -0.1) is 0 Å². The molecule has 0 radical (unpaired) electrons. The molecule has 1 fully saturated rings. The average Bonchev–Trinajstić information content (AvgIpc) is 3.10. The van der Waals surface area contributed by atoms with Crippen LogP contribution in [0.4, 0.5) is 5.95 Å². The number of carbonyl (C=O) groups is 1. The Bertz CT molecular complexity index is 932. The van der Waals surface area contributed by atoms with E-state index in [2.05, 4.69) is 44.1 Å². The van der Waals surface area contributed by atoms with E-state index < -0.39 is 5.91 Å². The van der Waals surface area contributed by atoms with Crippen LogP contribution in [0.2, 0.25) is 0 Å². The minimum absolute atomic E-state index is 0.235. The van der Waals surface area contributed by atoms with Crippen LogP contribution in [-0.4, -0.2) is 45.3 Å². The van der Waals surface area contributed by atoms with Gasteiger partial charge in [0.15, 0.2) is 0 Å². The molecule has 160 valence electrons. The van der Waals surface area contributed by atoms with Crippen molar-refractivity contribution in [3.8, 4) is 0 Å². The van der Waals surface area contributed by atoms with E-state index >= 15 is 0 Å². The molecule has 0 bridgehead atoms. The van der Waals surface area contributed by atoms with Gasteiger partial charge in [-0.3, -0.25) is 10.0 Å². The molecule has 0 saturated carbocycles. The molecule has 4 rings (SSSR count). The number of nitrogens with zero attached hydrogens (tertiary/aromatic N) is 4. The molecule has 2 aromatic rings. The molecule has 3 N–H and O–H groups in total. The Balaban J connectivity index is 1.26. The molecule has 1 saturated heterocycles. The van der Waals surface area contributed by atoms with Crippen LogP contribution in [0.5, 0.6) is 0 Å². The number of amides is 1. The lowest BCUT2D eigenvalue weighted by atomic mass is 9.96. The number of piperidine rings is 1. The summed E-state index contributed by atoms with van der Waals surface area (Å²) in [5, 5.41) is 13.2. The zero-order valence-corrected chi connectivity index (χ0v) is 17.8. The maximum Gasteiger partial charge on any atom is 0.277 e. The fourth-order valence-electron chi connectivity index (χ4n) is 4.32. The Morgan fingerprint density at radius 3 is 2.73 bits per heavy atom. The molecule has 3 heterocycles. The lowest BCUT2D eigenvalue weighted by Gasteiger charge is -2.32. The van der Waals surface area contributed by atoms with Crippen molar-refractivity contribution in [2.75, 3.05) is 24.5 Å². The van der Waals surface area contributed by atoms with Gasteiger partial charge in [0.25, 0.3) is 5.91 Å². The molecule has 1 aliphatic carbocycles. The second kappa shape index (κ2) is 9.16. The zero-order chi connectivity index (χ0) is 21.1. The van der Waals surface area contributed by atoms with Crippen LogP contribution in [0.3, 0.4) is 0 Å². The SMILES string of the molecule is Cn1cc(CNCC2CCN(c3ncc(C(=O)NO)cn3)CC2)c2c1CCC=C2Cl. The van der Waals surface area contributed by atoms with Gasteiger partial charge in [0, 0.05) is 61.6 Å². The second-order valence-corrected chi connectivity index (χ2v) is 8.36. The molecular weight excluding hydrogens is 404 g/mol. The van der Waals surface area contributed by atoms with E-state index in [4.69, 9.17) is 16.8 Å². The molecule has 2 aromatic heterocycles. The summed E-state index contributed by atoms with van der Waals surface area (Å²) in [5.41, 5.74) is 5.63. The lowest BCUT2D eigenvalue weighted by molar-refractivity contribution is 0.0705. The maximum absolute atomic E-state index is 11.4. The molecule has 0 aromatic carbocycles. The number of hydroxylamine groups is 1. The van der Waals surface area contributed by atoms with E-state index in [0.29, 0.717) is 11.9 Å². The van der Waals surface area contributed by atoms with Crippen LogP contribution in [0, 0.1) is 5.92 Å². The largest absolute Gasteiger partial charge is 0.353 e. The smallest absolute Gasteiger partial charge is 0.277 e. The van der Waals surface area contributed by atoms with Crippen LogP contribution < -0.4 is 15.7 Å². The fourth-order valence-corrected chi connectivity index (χ4v) is 4.66. The van der Waals surface area contributed by atoms with Gasteiger partial charge in [0.1, 0.15) is 0 Å². The van der Waals surface area contributed by atoms with Crippen LogP contribution >= 0.6 is 11.6 Å². The quantitative estimate of drug-likeness (QED) is 0.481. The predicted molar refractivity (Wildman–Crippen MR) is 115 cm³/mol. The molecule has 0 spiro atoms. The summed E-state index contributed by atoms with van der Waals surface area (Å²) in [6.07, 6.45) is 11.4. The summed E-state index contributed by atoms with van der Waals surface area (Å²) in [6.45, 7) is 3.56. The van der Waals surface area contributed by atoms with Crippen molar-refractivity contribution in [1.82, 2.24) is 25.3 Å². The van der Waals surface area contributed by atoms with Gasteiger partial charge in [-0.05, 0) is 43.7 Å². The standard InChI is InChI=1S/C21H27ClN6O2/c1-27-13-16(19-17(22)3-2-4-18(19)27)10-23-9-14-5-7-28(8-6-14)21-24-11-15(12-25-21)20(29)26-30/h3,11-14,23,30H,2,4-10H2,1H3,(H,26,29). The number of fused-ring (bicyclic) bond motifs is 1. The highest BCUT2D eigenvalue weighted by Crippen LogP contribution is 2.33. The Morgan fingerprint density at radius 1 is 1.30 bits per heavy atom. The van der Waals surface area contributed by atoms with Crippen molar-refractivity contribution in [1.29, 1.82) is 0 Å². The number of halogens is 1. The summed E-state index contributed by atoms with van der Waals surface area (Å²) < 4.78 is 2.20. The highest BCUT2D eigenvalue weighted by atomic mass is 35.5. The fraction of sp³-hybridized carbons (Fsp3) is 0.476. The number of nitrogens with one attached hydrogen (secondary N) is 2. The van der Waals surface area contributed by atoms with Crippen LogP contribution in [0.1, 0.15) is 46.4 Å². The molecule has 30 heavy (non-hydrogen) atoms. The lowest BCUT2D eigenvalue weighted by Crippen LogP contribution is -2.38. The maximum atomic E-state index is 11.4. The summed E-state index contributed by atoms with van der Waals surface area (Å²) >= 11 is 6.47. The third-order valence-corrected chi connectivity index (χ3v) is 6.32. The third kappa shape index (κ3) is 4.35. The summed E-state index contributed by atoms with van der Waals surface area (Å²) in [6, 6.07) is 0. The van der Waals surface area contributed by atoms with Crippen molar-refractivity contribution in [3.05, 3.63) is 47.1 Å². The Hall–Kier alpha value is -2.42. The summed E-state index contributed by atoms with van der Waals surface area (Å²) in [5.74, 6) is 0.613. The number of carbonyl (C=O) groups excluding carboxylic acids is 1. The van der Waals surface area contributed by atoms with E-state index in [-0.39, 0.29) is 5.56 Å². The first kappa shape index (κ1) is 20.8. The number of hydrogen-bond acceptors (Lipinski definition) is 6. The van der Waals surface area contributed by atoms with Gasteiger partial charge in [0.05, 0.1) is 5.56 Å². The van der Waals surface area contributed by atoms with Gasteiger partial charge in [-0.1, -0.05) is 17.7 Å². The zero-order valence-electron chi connectivity index (χ0n) is 17.1. The van der Waals surface area contributed by atoms with Crippen molar-refractivity contribution >= 4 is 28.5 Å².